The van der Waals surface area contributed by atoms with Gasteiger partial charge < -0.3 is 28.7 Å². The first kappa shape index (κ1) is 21.8. The number of carbonyl (C=O) groups is 2. The van der Waals surface area contributed by atoms with E-state index in [1.165, 1.54) is 28.4 Å². The van der Waals surface area contributed by atoms with Crippen molar-refractivity contribution in [3.63, 3.8) is 0 Å². The van der Waals surface area contributed by atoms with Crippen LogP contribution < -0.4 is 19.5 Å². The molecule has 156 valence electrons. The molecule has 9 heteroatoms. The minimum Gasteiger partial charge on any atom is -0.493 e. The van der Waals surface area contributed by atoms with Crippen molar-refractivity contribution in [1.82, 2.24) is 10.3 Å². The zero-order valence-electron chi connectivity index (χ0n) is 16.9. The highest BCUT2D eigenvalue weighted by Crippen LogP contribution is 2.42. The molecule has 9 nitrogen and oxygen atoms in total. The molecule has 0 saturated carbocycles. The SMILES string of the molecule is C=CCCC(=O)NCc1nc(C(=O)OC)c(-c2cc(OC)c(OC)c(OC)c2)o1. The van der Waals surface area contributed by atoms with E-state index < -0.39 is 5.97 Å². The summed E-state index contributed by atoms with van der Waals surface area (Å²) in [6.07, 6.45) is 2.51. The molecule has 0 fully saturated rings. The molecule has 0 bridgehead atoms. The predicted molar refractivity (Wildman–Crippen MR) is 104 cm³/mol. The Morgan fingerprint density at radius 2 is 1.79 bits per heavy atom. The number of ether oxygens (including phenoxy) is 4. The zero-order chi connectivity index (χ0) is 21.4. The van der Waals surface area contributed by atoms with Gasteiger partial charge in [-0.25, -0.2) is 9.78 Å². The average molecular weight is 404 g/mol. The molecule has 0 atom stereocenters. The second-order valence-corrected chi connectivity index (χ2v) is 5.80. The first-order chi connectivity index (χ1) is 14.0. The van der Waals surface area contributed by atoms with Gasteiger partial charge >= 0.3 is 5.97 Å². The summed E-state index contributed by atoms with van der Waals surface area (Å²) in [6, 6.07) is 3.25. The molecule has 29 heavy (non-hydrogen) atoms. The number of nitrogens with one attached hydrogen (secondary N) is 1. The van der Waals surface area contributed by atoms with Crippen molar-refractivity contribution in [3.05, 3.63) is 36.4 Å². The third-order valence-electron chi connectivity index (χ3n) is 3.99. The maximum Gasteiger partial charge on any atom is 0.360 e. The monoisotopic (exact) mass is 404 g/mol. The summed E-state index contributed by atoms with van der Waals surface area (Å²) in [7, 11) is 5.69. The lowest BCUT2D eigenvalue weighted by Gasteiger charge is -2.13. The molecule has 0 unspecified atom stereocenters. The van der Waals surface area contributed by atoms with Gasteiger partial charge in [0.1, 0.15) is 0 Å². The molecule has 0 aliphatic rings. The van der Waals surface area contributed by atoms with E-state index in [4.69, 9.17) is 23.4 Å². The van der Waals surface area contributed by atoms with Crippen LogP contribution in [0.25, 0.3) is 11.3 Å². The number of esters is 1. The number of oxazole rings is 1. The van der Waals surface area contributed by atoms with E-state index >= 15 is 0 Å². The van der Waals surface area contributed by atoms with Crippen molar-refractivity contribution in [1.29, 1.82) is 0 Å². The Labute approximate surface area is 168 Å². The number of nitrogens with zero attached hydrogens (tertiary/aromatic N) is 1. The van der Waals surface area contributed by atoms with E-state index in [2.05, 4.69) is 16.9 Å². The number of allylic oxidation sites excluding steroid dienone is 1. The minimum atomic E-state index is -0.679. The van der Waals surface area contributed by atoms with Gasteiger partial charge in [0.2, 0.25) is 17.5 Å². The van der Waals surface area contributed by atoms with Crippen molar-refractivity contribution in [3.8, 4) is 28.6 Å². The Morgan fingerprint density at radius 3 is 2.31 bits per heavy atom. The molecule has 0 aliphatic carbocycles. The lowest BCUT2D eigenvalue weighted by atomic mass is 10.1. The van der Waals surface area contributed by atoms with Gasteiger partial charge in [-0.15, -0.1) is 6.58 Å². The van der Waals surface area contributed by atoms with E-state index in [0.717, 1.165) is 0 Å². The van der Waals surface area contributed by atoms with Crippen LogP contribution in [-0.2, 0) is 16.1 Å². The van der Waals surface area contributed by atoms with E-state index in [9.17, 15) is 9.59 Å². The fourth-order valence-electron chi connectivity index (χ4n) is 2.58. The molecule has 1 aromatic heterocycles. The molecule has 2 aromatic rings. The molecule has 1 amide bonds. The average Bonchev–Trinajstić information content (AvgIpc) is 3.18. The molecule has 0 saturated heterocycles. The van der Waals surface area contributed by atoms with Gasteiger partial charge in [0.25, 0.3) is 0 Å². The Morgan fingerprint density at radius 1 is 1.14 bits per heavy atom. The second-order valence-electron chi connectivity index (χ2n) is 5.80. The number of aromatic nitrogens is 1. The highest BCUT2D eigenvalue weighted by Gasteiger charge is 2.25. The van der Waals surface area contributed by atoms with E-state index in [1.54, 1.807) is 18.2 Å². The van der Waals surface area contributed by atoms with Crippen molar-refractivity contribution >= 4 is 11.9 Å². The summed E-state index contributed by atoms with van der Waals surface area (Å²) in [4.78, 5) is 28.2. The number of benzene rings is 1. The second kappa shape index (κ2) is 10.2. The number of amides is 1. The fourth-order valence-corrected chi connectivity index (χ4v) is 2.58. The number of rotatable bonds is 10. The standard InChI is InChI=1S/C20H24N2O7/c1-6-7-8-15(23)21-11-16-22-17(20(24)28-5)18(29-16)12-9-13(25-2)19(27-4)14(10-12)26-3/h6,9-10H,1,7-8,11H2,2-5H3,(H,21,23). The number of hydrogen-bond donors (Lipinski definition) is 1. The van der Waals surface area contributed by atoms with Crippen LogP contribution >= 0.6 is 0 Å². The molecule has 1 N–H and O–H groups in total. The highest BCUT2D eigenvalue weighted by molar-refractivity contribution is 5.94. The van der Waals surface area contributed by atoms with Crippen LogP contribution in [-0.4, -0.2) is 45.3 Å². The van der Waals surface area contributed by atoms with Crippen LogP contribution in [0.1, 0.15) is 29.2 Å². The summed E-state index contributed by atoms with van der Waals surface area (Å²) in [5.74, 6) is 0.612. The summed E-state index contributed by atoms with van der Waals surface area (Å²) in [6.45, 7) is 3.60. The molecular formula is C20H24N2O7. The van der Waals surface area contributed by atoms with E-state index in [0.29, 0.717) is 35.7 Å². The number of methoxy groups -OCH3 is 4. The van der Waals surface area contributed by atoms with Crippen LogP contribution in [0.15, 0.2) is 29.2 Å². The van der Waals surface area contributed by atoms with Gasteiger partial charge in [-0.2, -0.15) is 0 Å². The normalized spacial score (nSPS) is 10.2. The molecule has 0 spiro atoms. The molecule has 0 aliphatic heterocycles. The smallest absolute Gasteiger partial charge is 0.360 e. The number of hydrogen-bond acceptors (Lipinski definition) is 8. The molecule has 0 radical (unpaired) electrons. The van der Waals surface area contributed by atoms with Crippen molar-refractivity contribution in [2.45, 2.75) is 19.4 Å². The predicted octanol–water partition coefficient (Wildman–Crippen LogP) is 2.74. The van der Waals surface area contributed by atoms with Crippen LogP contribution in [0, 0.1) is 0 Å². The lowest BCUT2D eigenvalue weighted by Crippen LogP contribution is -2.22. The van der Waals surface area contributed by atoms with Crippen molar-refractivity contribution < 1.29 is 33.0 Å². The Kier molecular flexibility index (Phi) is 7.64. The maximum absolute atomic E-state index is 12.2. The highest BCUT2D eigenvalue weighted by atomic mass is 16.5. The van der Waals surface area contributed by atoms with Crippen LogP contribution in [0.5, 0.6) is 17.2 Å². The third-order valence-corrected chi connectivity index (χ3v) is 3.99. The summed E-state index contributed by atoms with van der Waals surface area (Å²) in [5, 5.41) is 2.68. The van der Waals surface area contributed by atoms with Gasteiger partial charge in [-0.05, 0) is 18.6 Å². The van der Waals surface area contributed by atoms with Crippen LogP contribution in [0.4, 0.5) is 0 Å². The van der Waals surface area contributed by atoms with Gasteiger partial charge in [0, 0.05) is 12.0 Å². The Hall–Kier alpha value is -3.49. The number of carbonyl (C=O) groups excluding carboxylic acids is 2. The van der Waals surface area contributed by atoms with Crippen molar-refractivity contribution in [2.75, 3.05) is 28.4 Å². The fraction of sp³-hybridized carbons (Fsp3) is 0.350. The first-order valence-electron chi connectivity index (χ1n) is 8.75. The van der Waals surface area contributed by atoms with E-state index in [1.807, 2.05) is 0 Å². The van der Waals surface area contributed by atoms with E-state index in [-0.39, 0.29) is 29.8 Å². The van der Waals surface area contributed by atoms with Gasteiger partial charge in [0.15, 0.2) is 23.0 Å². The topological polar surface area (TPSA) is 109 Å². The summed E-state index contributed by atoms with van der Waals surface area (Å²) >= 11 is 0. The zero-order valence-corrected chi connectivity index (χ0v) is 16.9. The maximum atomic E-state index is 12.2. The van der Waals surface area contributed by atoms with Crippen LogP contribution in [0.2, 0.25) is 0 Å². The van der Waals surface area contributed by atoms with Crippen LogP contribution in [0.3, 0.4) is 0 Å². The molecule has 1 aromatic carbocycles. The van der Waals surface area contributed by atoms with Crippen molar-refractivity contribution in [2.24, 2.45) is 0 Å². The molecule has 2 rings (SSSR count). The Bertz CT molecular complexity index is 864. The third kappa shape index (κ3) is 5.07. The first-order valence-corrected chi connectivity index (χ1v) is 8.75. The minimum absolute atomic E-state index is 0.0182. The molecular weight excluding hydrogens is 380 g/mol. The molecule has 1 heterocycles. The summed E-state index contributed by atoms with van der Waals surface area (Å²) < 4.78 is 26.5. The lowest BCUT2D eigenvalue weighted by molar-refractivity contribution is -0.121. The Balaban J connectivity index is 2.43. The quantitative estimate of drug-likeness (QED) is 0.476. The van der Waals surface area contributed by atoms with Gasteiger partial charge in [-0.3, -0.25) is 4.79 Å². The summed E-state index contributed by atoms with van der Waals surface area (Å²) in [5.41, 5.74) is 0.439. The largest absolute Gasteiger partial charge is 0.493 e. The van der Waals surface area contributed by atoms with Gasteiger partial charge in [-0.1, -0.05) is 6.08 Å². The van der Waals surface area contributed by atoms with Gasteiger partial charge in [0.05, 0.1) is 35.0 Å².